The van der Waals surface area contributed by atoms with E-state index in [-0.39, 0.29) is 61.9 Å². The minimum atomic E-state index is -0.296. The molecule has 5 fully saturated rings. The Labute approximate surface area is 856 Å². The number of aliphatic hydroxyl groups is 2. The number of amides is 5. The van der Waals surface area contributed by atoms with Crippen molar-refractivity contribution in [1.29, 1.82) is 0 Å². The molecule has 38 nitrogen and oxygen atoms in total. The molecule has 0 aliphatic carbocycles. The molecule has 3 N–H and O–H groups in total. The van der Waals surface area contributed by atoms with Gasteiger partial charge in [-0.3, -0.25) is 55.8 Å². The summed E-state index contributed by atoms with van der Waals surface area (Å²) in [4.78, 5) is 128. The third-order valence-corrected chi connectivity index (χ3v) is 28.6. The van der Waals surface area contributed by atoms with Crippen molar-refractivity contribution in [1.82, 2.24) is 121 Å². The quantitative estimate of drug-likeness (QED) is 0.0638. The number of carbonyl (C=O) groups is 5. The van der Waals surface area contributed by atoms with Crippen LogP contribution in [-0.4, -0.2) is 340 Å². The van der Waals surface area contributed by atoms with E-state index in [1.807, 2.05) is 243 Å². The fourth-order valence-electron chi connectivity index (χ4n) is 20.1. The van der Waals surface area contributed by atoms with Crippen LogP contribution in [0.15, 0.2) is 236 Å². The first-order valence-electron chi connectivity index (χ1n) is 50.3. The van der Waals surface area contributed by atoms with Gasteiger partial charge in [0.1, 0.15) is 84.3 Å². The zero-order valence-corrected chi connectivity index (χ0v) is 84.8. The molecule has 15 aromatic heterocycles. The van der Waals surface area contributed by atoms with E-state index < -0.39 is 0 Å². The molecule has 1 atom stereocenters. The number of benzene rings is 5. The lowest BCUT2D eigenvalue weighted by molar-refractivity contribution is 0.0106. The number of methoxy groups -OCH3 is 1. The number of rotatable bonds is 20. The Hall–Kier alpha value is -16.1. The zero-order valence-electron chi connectivity index (χ0n) is 84.8. The van der Waals surface area contributed by atoms with Gasteiger partial charge in [0, 0.05) is 203 Å². The molecule has 25 rings (SSSR count). The molecule has 5 aromatic carbocycles. The topological polar surface area (TPSA) is 393 Å². The molecule has 764 valence electrons. The summed E-state index contributed by atoms with van der Waals surface area (Å²) in [5, 5.41) is 21.4. The number of nitrogens with zero attached hydrogens (tertiary/aromatic N) is 24. The summed E-state index contributed by atoms with van der Waals surface area (Å²) in [6.45, 7) is 23.6. The van der Waals surface area contributed by atoms with Gasteiger partial charge in [0.05, 0.1) is 50.3 Å². The summed E-state index contributed by atoms with van der Waals surface area (Å²) in [6, 6.07) is 50.1. The Kier molecular flexibility index (Phi) is 28.4. The number of pyridine rings is 5. The van der Waals surface area contributed by atoms with Gasteiger partial charge in [0.25, 0.3) is 29.5 Å². The highest BCUT2D eigenvalue weighted by Gasteiger charge is 2.38. The number of imidazole rings is 5. The zero-order chi connectivity index (χ0) is 103. The molecule has 38 heteroatoms. The van der Waals surface area contributed by atoms with Crippen LogP contribution in [-0.2, 0) is 4.74 Å². The first-order chi connectivity index (χ1) is 72.3. The standard InChI is InChI=1S/C24H26N6O2.C23H26N6O2.C23H25N5O2.C21H20N4O3.C20H20N4O4/c1-16-26-20-11-17(3-5-22(20)32-16)18-4-6-23-25-12-21(30(23)13-18)24(31)29-14-19(15-29)28-9-7-27(2)8-10-28;1-16-26-19-13-17(3-5-21(19)31-16)18-4-6-22-25-14-20(29(22)15-18)23(30)24-7-8-28-11-9-27(2)10-12-28;1-15-25-19-12-16(4-6-21(19)30-15)17-5-7-22-24-13-20(28(22)14-17)23(29)27-10-8-18(9-11-27)26(2)3;1-13-23-17-9-14(3-5-19(17)28-13)15-4-6-20-22-10-18(25(20)11-15)21(26)24-8-7-16(12-24)27-2;1-13-22-16-10-14(2-4-18(16)28-13)15-3-5-19-21-11-17(24(19)12-15)20(27)23(6-8-25)7-9-26/h3-6,11-13,19H,7-10,14-15H2,1-2H3;3-6,13-15H,7-12H2,1-2H3,(H,24,30);4-7,12-14,18H,8-11H2,1-3H3;3-6,9-11,16H,7-8,12H2,1-2H3;2-5,10-12,25-26H,6-9H2,1H3/t;;;16-;/m...0./s1. The summed E-state index contributed by atoms with van der Waals surface area (Å²) in [5.74, 6) is 2.86. The molecular formula is C111H117N25O13. The summed E-state index contributed by atoms with van der Waals surface area (Å²) in [5.41, 5.74) is 24.1. The smallest absolute Gasteiger partial charge is 0.272 e. The molecule has 0 radical (unpaired) electrons. The number of hydrogen-bond acceptors (Lipinski definition) is 28. The highest BCUT2D eigenvalue weighted by Crippen LogP contribution is 2.35. The monoisotopic (exact) mass is 2010 g/mol. The second-order valence-electron chi connectivity index (χ2n) is 38.8. The maximum Gasteiger partial charge on any atom is 0.272 e. The normalized spacial score (nSPS) is 15.7. The largest absolute Gasteiger partial charge is 0.441 e. The van der Waals surface area contributed by atoms with Gasteiger partial charge >= 0.3 is 0 Å². The lowest BCUT2D eigenvalue weighted by Gasteiger charge is -2.47. The second-order valence-corrected chi connectivity index (χ2v) is 38.8. The van der Waals surface area contributed by atoms with Gasteiger partial charge in [-0.1, -0.05) is 30.3 Å². The molecule has 0 saturated carbocycles. The van der Waals surface area contributed by atoms with Crippen molar-refractivity contribution in [3.8, 4) is 55.6 Å². The van der Waals surface area contributed by atoms with Crippen LogP contribution in [0.3, 0.4) is 0 Å². The number of aryl methyl sites for hydroxylation is 5. The van der Waals surface area contributed by atoms with Crippen molar-refractivity contribution in [2.75, 3.05) is 166 Å². The first kappa shape index (κ1) is 98.9. The molecule has 20 aromatic rings. The van der Waals surface area contributed by atoms with Crippen LogP contribution in [0.5, 0.6) is 0 Å². The highest BCUT2D eigenvalue weighted by atomic mass is 16.5. The van der Waals surface area contributed by atoms with Gasteiger partial charge < -0.3 is 76.7 Å². The van der Waals surface area contributed by atoms with Gasteiger partial charge in [0.2, 0.25) is 0 Å². The van der Waals surface area contributed by atoms with Gasteiger partial charge in [-0.05, 0) is 224 Å². The Morgan fingerprint density at radius 3 is 1.04 bits per heavy atom. The Balaban J connectivity index is 0.000000109. The van der Waals surface area contributed by atoms with E-state index in [1.165, 1.54) is 11.1 Å². The van der Waals surface area contributed by atoms with E-state index in [9.17, 15) is 34.2 Å². The molecular weight excluding hydrogens is 1890 g/mol. The minimum Gasteiger partial charge on any atom is -0.441 e. The van der Waals surface area contributed by atoms with Gasteiger partial charge in [0.15, 0.2) is 57.4 Å². The second kappa shape index (κ2) is 42.8. The number of aliphatic hydroxyl groups excluding tert-OH is 2. The van der Waals surface area contributed by atoms with Crippen LogP contribution < -0.4 is 5.32 Å². The number of fused-ring (bicyclic) bond motifs is 10. The summed E-state index contributed by atoms with van der Waals surface area (Å²) >= 11 is 0. The average molecular weight is 2010 g/mol. The molecule has 5 aliphatic rings. The number of oxazole rings is 5. The van der Waals surface area contributed by atoms with Crippen LogP contribution in [0.25, 0.3) is 139 Å². The predicted octanol–water partition coefficient (Wildman–Crippen LogP) is 13.8. The average Bonchev–Trinajstić information content (AvgIpc) is 1.73. The molecule has 0 spiro atoms. The van der Waals surface area contributed by atoms with Crippen molar-refractivity contribution in [2.45, 2.75) is 72.1 Å². The van der Waals surface area contributed by atoms with Crippen molar-refractivity contribution < 1.29 is 61.0 Å². The predicted molar refractivity (Wildman–Crippen MR) is 564 cm³/mol. The van der Waals surface area contributed by atoms with E-state index in [0.29, 0.717) is 95.3 Å². The van der Waals surface area contributed by atoms with Gasteiger partial charge in [-0.2, -0.15) is 0 Å². The number of ether oxygens (including phenoxy) is 1. The number of piperazine rings is 2. The maximum absolute atomic E-state index is 13.2. The fourth-order valence-corrected chi connectivity index (χ4v) is 20.1. The SMILES string of the molecule is CO[C@H]1CCN(C(=O)c2cnc3ccc(-c4ccc5oc(C)nc5c4)cn23)C1.Cc1nc2cc(-c3ccc4ncc(C(=O)N(CCO)CCO)n4c3)ccc2o1.Cc1nc2cc(-c3ccc4ncc(C(=O)N5CC(N6CCN(C)CC6)C5)n4c3)ccc2o1.Cc1nc2cc(-c3ccc4ncc(C(=O)N5CCC(N(C)C)CC5)n4c3)ccc2o1.Cc1nc2cc(-c3ccc4ncc(C(=O)NCCN5CCN(C)CC5)n4c3)ccc2o1. The molecule has 149 heavy (non-hydrogen) atoms. The Morgan fingerprint density at radius 1 is 0.376 bits per heavy atom. The number of hydrogen-bond donors (Lipinski definition) is 3. The van der Waals surface area contributed by atoms with E-state index in [1.54, 1.807) is 43.2 Å². The molecule has 5 aliphatic heterocycles. The Bertz CT molecular complexity index is 8350. The van der Waals surface area contributed by atoms with Crippen molar-refractivity contribution in [2.24, 2.45) is 0 Å². The van der Waals surface area contributed by atoms with Gasteiger partial charge in [-0.15, -0.1) is 0 Å². The minimum absolute atomic E-state index is 0.0215. The van der Waals surface area contributed by atoms with E-state index in [0.717, 1.165) is 238 Å². The first-order valence-corrected chi connectivity index (χ1v) is 50.3. The molecule has 0 unspecified atom stereocenters. The van der Waals surface area contributed by atoms with Crippen molar-refractivity contribution >= 4 is 113 Å². The maximum atomic E-state index is 13.2. The van der Waals surface area contributed by atoms with E-state index in [4.69, 9.17) is 26.8 Å². The lowest BCUT2D eigenvalue weighted by atomic mass is 10.0. The van der Waals surface area contributed by atoms with Crippen molar-refractivity contribution in [3.05, 3.63) is 272 Å². The molecule has 5 amide bonds. The Morgan fingerprint density at radius 2 is 0.691 bits per heavy atom. The van der Waals surface area contributed by atoms with Crippen LogP contribution in [0.2, 0.25) is 0 Å². The lowest BCUT2D eigenvalue weighted by Crippen LogP contribution is -2.64. The van der Waals surface area contributed by atoms with Crippen molar-refractivity contribution in [3.63, 3.8) is 0 Å². The number of likely N-dealkylation sites (N-methyl/N-ethyl adjacent to an activating group) is 2. The molecule has 5 saturated heterocycles. The third-order valence-electron chi connectivity index (χ3n) is 28.6. The summed E-state index contributed by atoms with van der Waals surface area (Å²) in [6.07, 6.45) is 20.8. The number of nitrogens with one attached hydrogen (secondary N) is 1. The van der Waals surface area contributed by atoms with Crippen LogP contribution in [0.4, 0.5) is 0 Å². The molecule has 20 heterocycles. The number of carbonyl (C=O) groups excluding carboxylic acids is 5. The highest BCUT2D eigenvalue weighted by molar-refractivity contribution is 5.98. The number of likely N-dealkylation sites (tertiary alicyclic amines) is 3. The number of piperidine rings is 1. The molecule has 0 bridgehead atoms. The van der Waals surface area contributed by atoms with Gasteiger partial charge in [-0.25, -0.2) is 49.8 Å². The van der Waals surface area contributed by atoms with E-state index >= 15 is 0 Å². The fraction of sp³-hybridized carbons (Fsp3) is 0.324. The third kappa shape index (κ3) is 21.2. The van der Waals surface area contributed by atoms with E-state index in [2.05, 4.69) is 108 Å². The van der Waals surface area contributed by atoms with Crippen LogP contribution in [0.1, 0.15) is 101 Å². The summed E-state index contributed by atoms with van der Waals surface area (Å²) in [7, 11) is 10.2. The number of aromatic nitrogens is 15. The summed E-state index contributed by atoms with van der Waals surface area (Å²) < 4.78 is 42.4. The van der Waals surface area contributed by atoms with Crippen LogP contribution in [0, 0.1) is 34.6 Å². The van der Waals surface area contributed by atoms with Crippen LogP contribution >= 0.6 is 0 Å².